The monoisotopic (exact) mass is 421 g/mol. The molecule has 1 N–H and O–H groups in total. The van der Waals surface area contributed by atoms with Crippen molar-refractivity contribution in [3.05, 3.63) is 113 Å². The third kappa shape index (κ3) is 2.39. The van der Waals surface area contributed by atoms with Crippen molar-refractivity contribution in [3.8, 4) is 0 Å². The first kappa shape index (κ1) is 18.9. The third-order valence-electron chi connectivity index (χ3n) is 6.98. The lowest BCUT2D eigenvalue weighted by atomic mass is 9.78. The Hall–Kier alpha value is -3.86. The highest BCUT2D eigenvalue weighted by Gasteiger charge is 2.65. The molecule has 3 unspecified atom stereocenters. The molecule has 3 heterocycles. The molecule has 3 aliphatic heterocycles. The van der Waals surface area contributed by atoms with Gasteiger partial charge in [0.15, 0.2) is 0 Å². The Balaban J connectivity index is 1.59. The fourth-order valence-corrected chi connectivity index (χ4v) is 5.66. The van der Waals surface area contributed by atoms with Gasteiger partial charge < -0.3 is 15.1 Å². The summed E-state index contributed by atoms with van der Waals surface area (Å²) in [7, 11) is 0. The van der Waals surface area contributed by atoms with Crippen molar-refractivity contribution in [2.75, 3.05) is 5.32 Å². The Bertz CT molecular complexity index is 1250. The molecular weight excluding hydrogens is 398 g/mol. The molecule has 2 amide bonds. The molecule has 5 nitrogen and oxygen atoms in total. The molecule has 3 aliphatic rings. The topological polar surface area (TPSA) is 52.7 Å². The summed E-state index contributed by atoms with van der Waals surface area (Å²) in [6, 6.07) is 27.1. The maximum atomic E-state index is 14.1. The highest BCUT2D eigenvalue weighted by atomic mass is 16.2. The van der Waals surface area contributed by atoms with Gasteiger partial charge in [-0.15, -0.1) is 0 Å². The van der Waals surface area contributed by atoms with E-state index in [2.05, 4.69) is 11.4 Å². The molecule has 158 valence electrons. The number of nitrogens with zero attached hydrogens (tertiary/aromatic N) is 2. The Morgan fingerprint density at radius 3 is 2.28 bits per heavy atom. The van der Waals surface area contributed by atoms with Crippen molar-refractivity contribution in [1.29, 1.82) is 0 Å². The van der Waals surface area contributed by atoms with E-state index in [-0.39, 0.29) is 18.0 Å². The second kappa shape index (κ2) is 6.82. The number of fused-ring (bicyclic) bond motifs is 1. The van der Waals surface area contributed by atoms with Crippen LogP contribution in [0.2, 0.25) is 0 Å². The van der Waals surface area contributed by atoms with Crippen LogP contribution in [-0.2, 0) is 21.7 Å². The number of carbonyl (C=O) groups is 2. The number of anilines is 1. The lowest BCUT2D eigenvalue weighted by Gasteiger charge is -2.54. The largest absolute Gasteiger partial charge is 0.362 e. The molecule has 32 heavy (non-hydrogen) atoms. The minimum atomic E-state index is -0.739. The highest BCUT2D eigenvalue weighted by Crippen LogP contribution is 2.57. The van der Waals surface area contributed by atoms with Crippen molar-refractivity contribution < 1.29 is 9.59 Å². The van der Waals surface area contributed by atoms with E-state index >= 15 is 0 Å². The van der Waals surface area contributed by atoms with E-state index in [0.717, 1.165) is 28.0 Å². The minimum absolute atomic E-state index is 0.0718. The van der Waals surface area contributed by atoms with Crippen LogP contribution in [0.5, 0.6) is 0 Å². The van der Waals surface area contributed by atoms with Crippen LogP contribution in [-0.4, -0.2) is 27.8 Å². The second-order valence-corrected chi connectivity index (χ2v) is 8.66. The van der Waals surface area contributed by atoms with Crippen LogP contribution in [0, 0.1) is 0 Å². The normalized spacial score (nSPS) is 25.7. The predicted octanol–water partition coefficient (Wildman–Crippen LogP) is 4.21. The summed E-state index contributed by atoms with van der Waals surface area (Å²) < 4.78 is 0. The van der Waals surface area contributed by atoms with E-state index in [0.29, 0.717) is 6.54 Å². The second-order valence-electron chi connectivity index (χ2n) is 8.66. The van der Waals surface area contributed by atoms with Crippen LogP contribution < -0.4 is 5.32 Å². The third-order valence-corrected chi connectivity index (χ3v) is 6.98. The number of rotatable bonds is 3. The standard InChI is InChI=1S/C27H23N3O2/c1-18-16-23(31)30-24(20-12-6-3-7-13-20)25(32)29(17-19-10-4-2-5-11-19)26-27(18,30)21-14-8-9-15-22(21)28-26/h2-16,24,26,28H,17H2,1H3. The zero-order chi connectivity index (χ0) is 21.9. The van der Waals surface area contributed by atoms with E-state index in [1.807, 2.05) is 95.6 Å². The predicted molar refractivity (Wildman–Crippen MR) is 122 cm³/mol. The van der Waals surface area contributed by atoms with E-state index < -0.39 is 11.6 Å². The summed E-state index contributed by atoms with van der Waals surface area (Å²) in [6.07, 6.45) is 1.32. The first-order valence-corrected chi connectivity index (χ1v) is 10.9. The number of amides is 2. The van der Waals surface area contributed by atoms with Gasteiger partial charge in [-0.1, -0.05) is 78.9 Å². The molecule has 0 aromatic heterocycles. The molecule has 3 aromatic carbocycles. The fraction of sp³-hybridized carbons (Fsp3) is 0.185. The van der Waals surface area contributed by atoms with Crippen molar-refractivity contribution in [3.63, 3.8) is 0 Å². The fourth-order valence-electron chi connectivity index (χ4n) is 5.66. The molecule has 0 aliphatic carbocycles. The average molecular weight is 422 g/mol. The SMILES string of the molecule is CC1=CC(=O)N2C(c3ccccc3)C(=O)N(Cc3ccccc3)C3Nc4ccccc4C132. The van der Waals surface area contributed by atoms with Crippen molar-refractivity contribution in [2.45, 2.75) is 31.2 Å². The lowest BCUT2D eigenvalue weighted by Crippen LogP contribution is -2.68. The van der Waals surface area contributed by atoms with Crippen LogP contribution in [0.15, 0.2) is 96.6 Å². The summed E-state index contributed by atoms with van der Waals surface area (Å²) in [5.74, 6) is -0.190. The van der Waals surface area contributed by atoms with Gasteiger partial charge in [0.25, 0.3) is 5.91 Å². The Morgan fingerprint density at radius 2 is 1.53 bits per heavy atom. The van der Waals surface area contributed by atoms with Crippen LogP contribution >= 0.6 is 0 Å². The first-order valence-electron chi connectivity index (χ1n) is 10.9. The van der Waals surface area contributed by atoms with Crippen molar-refractivity contribution in [1.82, 2.24) is 9.80 Å². The van der Waals surface area contributed by atoms with Gasteiger partial charge >= 0.3 is 0 Å². The van der Waals surface area contributed by atoms with E-state index in [1.54, 1.807) is 6.08 Å². The van der Waals surface area contributed by atoms with Gasteiger partial charge in [0.2, 0.25) is 5.91 Å². The van der Waals surface area contributed by atoms with Gasteiger partial charge in [-0.3, -0.25) is 9.59 Å². The molecule has 3 aromatic rings. The van der Waals surface area contributed by atoms with Crippen LogP contribution in [0.1, 0.15) is 29.7 Å². The molecule has 1 fully saturated rings. The number of nitrogens with one attached hydrogen (secondary N) is 1. The number of benzene rings is 3. The Labute approximate surface area is 187 Å². The summed E-state index contributed by atoms with van der Waals surface area (Å²) >= 11 is 0. The maximum absolute atomic E-state index is 14.1. The highest BCUT2D eigenvalue weighted by molar-refractivity contribution is 6.01. The quantitative estimate of drug-likeness (QED) is 0.690. The number of hydrogen-bond acceptors (Lipinski definition) is 3. The van der Waals surface area contributed by atoms with Crippen molar-refractivity contribution >= 4 is 17.5 Å². The van der Waals surface area contributed by atoms with Gasteiger partial charge in [-0.2, -0.15) is 0 Å². The van der Waals surface area contributed by atoms with Crippen molar-refractivity contribution in [2.24, 2.45) is 0 Å². The number of piperazine rings is 1. The zero-order valence-corrected chi connectivity index (χ0v) is 17.7. The van der Waals surface area contributed by atoms with E-state index in [9.17, 15) is 9.59 Å². The molecule has 3 atom stereocenters. The van der Waals surface area contributed by atoms with Gasteiger partial charge in [-0.05, 0) is 29.7 Å². The van der Waals surface area contributed by atoms with Crippen LogP contribution in [0.25, 0.3) is 0 Å². The van der Waals surface area contributed by atoms with E-state index in [1.165, 1.54) is 0 Å². The van der Waals surface area contributed by atoms with Gasteiger partial charge in [0.05, 0.1) is 0 Å². The molecule has 1 saturated heterocycles. The Morgan fingerprint density at radius 1 is 0.875 bits per heavy atom. The number of hydrogen-bond donors (Lipinski definition) is 1. The summed E-state index contributed by atoms with van der Waals surface area (Å²) in [5.41, 5.74) is 4.10. The molecule has 0 radical (unpaired) electrons. The average Bonchev–Trinajstić information content (AvgIpc) is 3.30. The number of carbonyl (C=O) groups excluding carboxylic acids is 2. The first-order chi connectivity index (χ1) is 15.6. The molecule has 0 bridgehead atoms. The molecule has 6 rings (SSSR count). The minimum Gasteiger partial charge on any atom is -0.362 e. The smallest absolute Gasteiger partial charge is 0.252 e. The Kier molecular flexibility index (Phi) is 4.02. The maximum Gasteiger partial charge on any atom is 0.252 e. The van der Waals surface area contributed by atoms with E-state index in [4.69, 9.17) is 0 Å². The molecule has 0 saturated carbocycles. The lowest BCUT2D eigenvalue weighted by molar-refractivity contribution is -0.163. The summed E-state index contributed by atoms with van der Waals surface area (Å²) in [5, 5.41) is 3.59. The number of para-hydroxylation sites is 1. The zero-order valence-electron chi connectivity index (χ0n) is 17.7. The summed E-state index contributed by atoms with van der Waals surface area (Å²) in [4.78, 5) is 31.2. The van der Waals surface area contributed by atoms with Gasteiger partial charge in [0.1, 0.15) is 17.7 Å². The van der Waals surface area contributed by atoms with Gasteiger partial charge in [-0.25, -0.2) is 0 Å². The molecule has 5 heteroatoms. The summed E-state index contributed by atoms with van der Waals surface area (Å²) in [6.45, 7) is 2.47. The van der Waals surface area contributed by atoms with Crippen LogP contribution in [0.4, 0.5) is 5.69 Å². The van der Waals surface area contributed by atoms with Crippen LogP contribution in [0.3, 0.4) is 0 Å². The molecular formula is C27H23N3O2. The van der Waals surface area contributed by atoms with Gasteiger partial charge in [0, 0.05) is 23.9 Å². The molecule has 1 spiro atoms.